The highest BCUT2D eigenvalue weighted by Gasteiger charge is 2.27. The molecule has 0 saturated heterocycles. The van der Waals surface area contributed by atoms with E-state index in [1.165, 1.54) is 0 Å². The third kappa shape index (κ3) is 8.37. The van der Waals surface area contributed by atoms with E-state index in [4.69, 9.17) is 4.74 Å². The molecule has 7 nitrogen and oxygen atoms in total. The second-order valence-corrected chi connectivity index (χ2v) is 8.96. The van der Waals surface area contributed by atoms with Gasteiger partial charge in [0.1, 0.15) is 6.10 Å². The Kier molecular flexibility index (Phi) is 10.0. The maximum Gasteiger partial charge on any atom is 0.310 e. The SMILES string of the molecule is C[C@H](CO)NC(=O)C[C@H]1CC=CC[C@@H](Cc2ccccc2)C(=O)O[C@H](c2ccccc2)CNC1=O. The maximum absolute atomic E-state index is 13.2. The maximum atomic E-state index is 13.2. The van der Waals surface area contributed by atoms with Gasteiger partial charge < -0.3 is 20.5 Å². The minimum absolute atomic E-state index is 0.00372. The molecule has 2 amide bonds. The summed E-state index contributed by atoms with van der Waals surface area (Å²) in [4.78, 5) is 38.6. The molecule has 0 unspecified atom stereocenters. The summed E-state index contributed by atoms with van der Waals surface area (Å²) in [6.45, 7) is 1.64. The first-order valence-electron chi connectivity index (χ1n) is 12.1. The van der Waals surface area contributed by atoms with Gasteiger partial charge in [0, 0.05) is 12.5 Å². The molecule has 4 atom stereocenters. The van der Waals surface area contributed by atoms with Gasteiger partial charge in [-0.1, -0.05) is 72.8 Å². The van der Waals surface area contributed by atoms with Crippen molar-refractivity contribution in [3.8, 4) is 0 Å². The van der Waals surface area contributed by atoms with Crippen LogP contribution in [0.2, 0.25) is 0 Å². The molecular formula is C28H34N2O5. The van der Waals surface area contributed by atoms with E-state index in [1.54, 1.807) is 6.92 Å². The molecule has 186 valence electrons. The van der Waals surface area contributed by atoms with Crippen LogP contribution in [0, 0.1) is 11.8 Å². The van der Waals surface area contributed by atoms with Gasteiger partial charge in [0.05, 0.1) is 25.0 Å². The third-order valence-electron chi connectivity index (χ3n) is 6.04. The predicted octanol–water partition coefficient (Wildman–Crippen LogP) is 3.10. The summed E-state index contributed by atoms with van der Waals surface area (Å²) < 4.78 is 5.93. The van der Waals surface area contributed by atoms with E-state index in [0.29, 0.717) is 19.3 Å². The van der Waals surface area contributed by atoms with Crippen molar-refractivity contribution in [2.24, 2.45) is 11.8 Å². The highest BCUT2D eigenvalue weighted by atomic mass is 16.5. The van der Waals surface area contributed by atoms with Crippen LogP contribution in [0.4, 0.5) is 0 Å². The minimum Gasteiger partial charge on any atom is -0.455 e. The van der Waals surface area contributed by atoms with Crippen LogP contribution in [0.15, 0.2) is 72.8 Å². The number of aliphatic hydroxyl groups is 1. The van der Waals surface area contributed by atoms with E-state index in [1.807, 2.05) is 72.8 Å². The monoisotopic (exact) mass is 478 g/mol. The van der Waals surface area contributed by atoms with E-state index in [9.17, 15) is 19.5 Å². The molecule has 0 aromatic heterocycles. The van der Waals surface area contributed by atoms with Gasteiger partial charge in [-0.3, -0.25) is 14.4 Å². The molecule has 0 aliphatic carbocycles. The molecule has 1 heterocycles. The Bertz CT molecular complexity index is 993. The average Bonchev–Trinajstić information content (AvgIpc) is 2.87. The van der Waals surface area contributed by atoms with Crippen molar-refractivity contribution < 1.29 is 24.2 Å². The third-order valence-corrected chi connectivity index (χ3v) is 6.04. The molecule has 2 aromatic carbocycles. The quantitative estimate of drug-likeness (QED) is 0.419. The Hall–Kier alpha value is -3.45. The number of cyclic esters (lactones) is 1. The fourth-order valence-corrected chi connectivity index (χ4v) is 4.04. The molecule has 0 bridgehead atoms. The lowest BCUT2D eigenvalue weighted by Gasteiger charge is -2.24. The Balaban J connectivity index is 1.81. The number of carbonyl (C=O) groups is 3. The van der Waals surface area contributed by atoms with Crippen LogP contribution < -0.4 is 10.6 Å². The second kappa shape index (κ2) is 13.4. The number of hydrogen-bond donors (Lipinski definition) is 3. The highest BCUT2D eigenvalue weighted by Crippen LogP contribution is 2.23. The lowest BCUT2D eigenvalue weighted by atomic mass is 9.94. The zero-order chi connectivity index (χ0) is 25.0. The van der Waals surface area contributed by atoms with Crippen molar-refractivity contribution in [1.82, 2.24) is 10.6 Å². The molecule has 3 rings (SSSR count). The predicted molar refractivity (Wildman–Crippen MR) is 133 cm³/mol. The van der Waals surface area contributed by atoms with Crippen LogP contribution in [0.3, 0.4) is 0 Å². The fraction of sp³-hybridized carbons (Fsp3) is 0.393. The van der Waals surface area contributed by atoms with Crippen molar-refractivity contribution in [2.75, 3.05) is 13.2 Å². The molecule has 1 aliphatic rings. The molecule has 1 aliphatic heterocycles. The van der Waals surface area contributed by atoms with Gasteiger partial charge in [-0.2, -0.15) is 0 Å². The molecular weight excluding hydrogens is 444 g/mol. The lowest BCUT2D eigenvalue weighted by Crippen LogP contribution is -2.40. The smallest absolute Gasteiger partial charge is 0.310 e. The summed E-state index contributed by atoms with van der Waals surface area (Å²) in [7, 11) is 0. The normalized spacial score (nSPS) is 22.2. The lowest BCUT2D eigenvalue weighted by molar-refractivity contribution is -0.154. The number of aliphatic hydroxyl groups excluding tert-OH is 1. The van der Waals surface area contributed by atoms with Crippen molar-refractivity contribution >= 4 is 17.8 Å². The Morgan fingerprint density at radius 3 is 2.31 bits per heavy atom. The minimum atomic E-state index is -0.641. The summed E-state index contributed by atoms with van der Waals surface area (Å²) in [6.07, 6.45) is 4.50. The van der Waals surface area contributed by atoms with Gasteiger partial charge in [0.25, 0.3) is 0 Å². The van der Waals surface area contributed by atoms with Gasteiger partial charge >= 0.3 is 5.97 Å². The molecule has 0 saturated carbocycles. The first-order valence-corrected chi connectivity index (χ1v) is 12.1. The summed E-state index contributed by atoms with van der Waals surface area (Å²) in [5, 5.41) is 14.8. The number of benzene rings is 2. The van der Waals surface area contributed by atoms with Crippen LogP contribution >= 0.6 is 0 Å². The Morgan fingerprint density at radius 1 is 1.03 bits per heavy atom. The second-order valence-electron chi connectivity index (χ2n) is 8.96. The topological polar surface area (TPSA) is 105 Å². The zero-order valence-electron chi connectivity index (χ0n) is 20.1. The number of nitrogens with one attached hydrogen (secondary N) is 2. The van der Waals surface area contributed by atoms with Crippen LogP contribution in [-0.4, -0.2) is 42.1 Å². The molecule has 2 aromatic rings. The van der Waals surface area contributed by atoms with Gasteiger partial charge in [0.15, 0.2) is 0 Å². The van der Waals surface area contributed by atoms with E-state index in [0.717, 1.165) is 11.1 Å². The van der Waals surface area contributed by atoms with Crippen molar-refractivity contribution in [1.29, 1.82) is 0 Å². The number of amides is 2. The van der Waals surface area contributed by atoms with E-state index in [-0.39, 0.29) is 49.3 Å². The van der Waals surface area contributed by atoms with Crippen molar-refractivity contribution in [2.45, 2.75) is 44.8 Å². The van der Waals surface area contributed by atoms with Crippen LogP contribution in [-0.2, 0) is 25.5 Å². The first kappa shape index (κ1) is 26.2. The fourth-order valence-electron chi connectivity index (χ4n) is 4.04. The number of ether oxygens (including phenoxy) is 1. The van der Waals surface area contributed by atoms with Gasteiger partial charge in [-0.25, -0.2) is 0 Å². The van der Waals surface area contributed by atoms with Gasteiger partial charge in [-0.15, -0.1) is 0 Å². The largest absolute Gasteiger partial charge is 0.455 e. The molecule has 7 heteroatoms. The summed E-state index contributed by atoms with van der Waals surface area (Å²) in [5.74, 6) is -1.82. The number of carbonyl (C=O) groups excluding carboxylic acids is 3. The molecule has 0 fully saturated rings. The van der Waals surface area contributed by atoms with E-state index < -0.39 is 12.0 Å². The first-order chi connectivity index (χ1) is 17.0. The zero-order valence-corrected chi connectivity index (χ0v) is 20.1. The number of hydrogen-bond acceptors (Lipinski definition) is 5. The van der Waals surface area contributed by atoms with Crippen LogP contribution in [0.25, 0.3) is 0 Å². The summed E-state index contributed by atoms with van der Waals surface area (Å²) in [6, 6.07) is 18.8. The number of rotatable bonds is 7. The summed E-state index contributed by atoms with van der Waals surface area (Å²) >= 11 is 0. The number of esters is 1. The molecule has 35 heavy (non-hydrogen) atoms. The van der Waals surface area contributed by atoms with Crippen molar-refractivity contribution in [3.63, 3.8) is 0 Å². The standard InChI is InChI=1S/C28H34N2O5/c1-20(19-31)30-26(32)17-23-14-8-9-15-24(16-21-10-4-2-5-11-21)28(34)35-25(18-29-27(23)33)22-12-6-3-7-13-22/h2-13,20,23-25,31H,14-19H2,1H3,(H,29,33)(H,30,32)/t20-,23-,24+,25+/m1/s1. The Labute approximate surface area is 206 Å². The van der Waals surface area contributed by atoms with Gasteiger partial charge in [-0.05, 0) is 37.3 Å². The number of allylic oxidation sites excluding steroid dienone is 2. The van der Waals surface area contributed by atoms with E-state index >= 15 is 0 Å². The van der Waals surface area contributed by atoms with Crippen molar-refractivity contribution in [3.05, 3.63) is 83.9 Å². The average molecular weight is 479 g/mol. The summed E-state index contributed by atoms with van der Waals surface area (Å²) in [5.41, 5.74) is 1.84. The molecule has 3 N–H and O–H groups in total. The van der Waals surface area contributed by atoms with Crippen LogP contribution in [0.1, 0.15) is 43.4 Å². The molecule has 0 radical (unpaired) electrons. The van der Waals surface area contributed by atoms with Gasteiger partial charge in [0.2, 0.25) is 11.8 Å². The Morgan fingerprint density at radius 2 is 1.66 bits per heavy atom. The van der Waals surface area contributed by atoms with E-state index in [2.05, 4.69) is 10.6 Å². The highest BCUT2D eigenvalue weighted by molar-refractivity contribution is 5.86. The molecule has 0 spiro atoms. The van der Waals surface area contributed by atoms with Crippen LogP contribution in [0.5, 0.6) is 0 Å².